The second-order valence-electron chi connectivity index (χ2n) is 1.92. The molecule has 0 atom stereocenters. The summed E-state index contributed by atoms with van der Waals surface area (Å²) in [5, 5.41) is 0. The molecule has 0 saturated carbocycles. The summed E-state index contributed by atoms with van der Waals surface area (Å²) in [5.74, 6) is 4.88. The van der Waals surface area contributed by atoms with Gasteiger partial charge in [-0.3, -0.25) is 5.84 Å². The number of rotatable bonds is 12. The normalized spacial score (nSPS) is 10.8. The first kappa shape index (κ1) is 14.5. The van der Waals surface area contributed by atoms with E-state index in [1.165, 1.54) is 0 Å². The van der Waals surface area contributed by atoms with Crippen molar-refractivity contribution in [2.45, 2.75) is 6.92 Å². The van der Waals surface area contributed by atoms with Crippen LogP contribution in [0.3, 0.4) is 0 Å². The summed E-state index contributed by atoms with van der Waals surface area (Å²) < 4.78 is 0. The summed E-state index contributed by atoms with van der Waals surface area (Å²) in [4.78, 5) is 0. The van der Waals surface area contributed by atoms with Crippen LogP contribution >= 0.6 is 0 Å². The Bertz CT molecular complexity index is 92.7. The predicted molar refractivity (Wildman–Crippen MR) is 52.4 cm³/mol. The van der Waals surface area contributed by atoms with E-state index in [0.717, 1.165) is 6.54 Å². The third-order valence-electron chi connectivity index (χ3n) is 0.900. The molecule has 0 spiro atoms. The van der Waals surface area contributed by atoms with Crippen molar-refractivity contribution in [2.24, 2.45) is 5.84 Å². The largest absolute Gasteiger partial charge is 0.257 e. The van der Waals surface area contributed by atoms with E-state index in [0.29, 0.717) is 0 Å². The second kappa shape index (κ2) is 13.5. The van der Waals surface area contributed by atoms with Crippen LogP contribution in [0.2, 0.25) is 0 Å². The third-order valence-corrected chi connectivity index (χ3v) is 0.900. The van der Waals surface area contributed by atoms with Gasteiger partial charge in [0.05, 0.1) is 0 Å². The molecule has 0 aliphatic heterocycles. The van der Waals surface area contributed by atoms with Gasteiger partial charge >= 0.3 is 0 Å². The van der Waals surface area contributed by atoms with Crippen molar-refractivity contribution in [3.63, 3.8) is 0 Å². The Hall–Kier alpha value is -0.520. The SMILES string of the molecule is CCNNNNNNNNNNNNN. The highest BCUT2D eigenvalue weighted by Gasteiger charge is 1.81. The standard InChI is InChI=1S/C2H19N13/c1-2-4-6-8-10-12-14-15-13-11-9-7-5-3/h4-15H,2-3H2,1H3. The highest BCUT2D eigenvalue weighted by atomic mass is 16.0. The minimum absolute atomic E-state index is 0.791. The maximum Gasteiger partial charge on any atom is 0.00850 e. The molecule has 0 bridgehead atoms. The lowest BCUT2D eigenvalue weighted by atomic mass is 10.8. The van der Waals surface area contributed by atoms with E-state index >= 15 is 0 Å². The first-order valence-electron chi connectivity index (χ1n) is 4.10. The average Bonchev–Trinajstić information content (AvgIpc) is 2.26. The molecular weight excluding hydrogens is 206 g/mol. The molecule has 0 fully saturated rings. The van der Waals surface area contributed by atoms with Gasteiger partial charge in [-0.25, -0.2) is 5.43 Å². The van der Waals surface area contributed by atoms with Gasteiger partial charge in [0.1, 0.15) is 0 Å². The quantitative estimate of drug-likeness (QED) is 0.0860. The first-order valence-corrected chi connectivity index (χ1v) is 4.10. The molecule has 0 aliphatic rings. The summed E-state index contributed by atoms with van der Waals surface area (Å²) in [6.45, 7) is 2.74. The highest BCUT2D eigenvalue weighted by Crippen LogP contribution is 1.37. The van der Waals surface area contributed by atoms with Crippen LogP contribution in [0.1, 0.15) is 6.92 Å². The van der Waals surface area contributed by atoms with Crippen LogP contribution < -0.4 is 72.2 Å². The molecule has 0 aliphatic carbocycles. The Morgan fingerprint density at radius 2 is 1.07 bits per heavy atom. The van der Waals surface area contributed by atoms with Gasteiger partial charge in [-0.2, -0.15) is 60.9 Å². The van der Waals surface area contributed by atoms with E-state index < -0.39 is 0 Å². The summed E-state index contributed by atoms with van der Waals surface area (Å²) >= 11 is 0. The molecule has 14 N–H and O–H groups in total. The molecule has 15 heavy (non-hydrogen) atoms. The minimum atomic E-state index is 0.791. The Morgan fingerprint density at radius 1 is 0.667 bits per heavy atom. The smallest absolute Gasteiger partial charge is 0.00850 e. The average molecular weight is 225 g/mol. The highest BCUT2D eigenvalue weighted by molar-refractivity contribution is 4.20. The molecule has 0 radical (unpaired) electrons. The maximum atomic E-state index is 4.88. The molecule has 0 heterocycles. The maximum absolute atomic E-state index is 4.88. The van der Waals surface area contributed by atoms with E-state index in [9.17, 15) is 0 Å². The van der Waals surface area contributed by atoms with E-state index in [2.05, 4.69) is 66.3 Å². The zero-order valence-corrected chi connectivity index (χ0v) is 8.28. The molecule has 13 heteroatoms. The first-order chi connectivity index (χ1) is 7.41. The van der Waals surface area contributed by atoms with Gasteiger partial charge in [0, 0.05) is 6.54 Å². The van der Waals surface area contributed by atoms with Crippen LogP contribution in [0.25, 0.3) is 0 Å². The second-order valence-corrected chi connectivity index (χ2v) is 1.92. The Balaban J connectivity index is 2.81. The molecule has 0 aromatic carbocycles. The molecule has 0 rings (SSSR count). The fourth-order valence-electron chi connectivity index (χ4n) is 0.419. The summed E-state index contributed by atoms with van der Waals surface area (Å²) in [6, 6.07) is 0. The van der Waals surface area contributed by atoms with Gasteiger partial charge in [-0.15, -0.1) is 0 Å². The van der Waals surface area contributed by atoms with Gasteiger partial charge < -0.3 is 0 Å². The topological polar surface area (TPSA) is 170 Å². The fraction of sp³-hybridized carbons (Fsp3) is 1.00. The number of hydrogen-bond acceptors (Lipinski definition) is 13. The molecule has 0 saturated heterocycles. The van der Waals surface area contributed by atoms with Crippen LogP contribution in [0.15, 0.2) is 0 Å². The van der Waals surface area contributed by atoms with Crippen molar-refractivity contribution in [1.82, 2.24) is 66.3 Å². The van der Waals surface area contributed by atoms with Crippen molar-refractivity contribution in [3.05, 3.63) is 0 Å². The number of nitrogens with one attached hydrogen (secondary N) is 12. The number of hydrogen-bond donors (Lipinski definition) is 13. The molecule has 92 valence electrons. The van der Waals surface area contributed by atoms with Gasteiger partial charge in [-0.1, -0.05) is 6.92 Å². The molecule has 0 unspecified atom stereocenters. The van der Waals surface area contributed by atoms with E-state index in [-0.39, 0.29) is 0 Å². The molecule has 0 amide bonds. The molecule has 13 nitrogen and oxygen atoms in total. The fourth-order valence-corrected chi connectivity index (χ4v) is 0.419. The minimum Gasteiger partial charge on any atom is -0.257 e. The number of nitrogens with two attached hydrogens (primary N) is 1. The van der Waals surface area contributed by atoms with Gasteiger partial charge in [0.2, 0.25) is 0 Å². The van der Waals surface area contributed by atoms with Crippen molar-refractivity contribution < 1.29 is 0 Å². The third kappa shape index (κ3) is 13.5. The Morgan fingerprint density at radius 3 is 1.47 bits per heavy atom. The van der Waals surface area contributed by atoms with Crippen LogP contribution in [0.5, 0.6) is 0 Å². The Kier molecular flexibility index (Phi) is 13.0. The van der Waals surface area contributed by atoms with Gasteiger partial charge in [0.25, 0.3) is 0 Å². The van der Waals surface area contributed by atoms with Crippen LogP contribution in [-0.2, 0) is 0 Å². The van der Waals surface area contributed by atoms with Gasteiger partial charge in [-0.05, 0) is 0 Å². The monoisotopic (exact) mass is 225 g/mol. The molecule has 0 aromatic rings. The zero-order valence-electron chi connectivity index (χ0n) is 8.28. The predicted octanol–water partition coefficient (Wildman–Crippen LogP) is -5.98. The van der Waals surface area contributed by atoms with Crippen molar-refractivity contribution in [3.8, 4) is 0 Å². The summed E-state index contributed by atoms with van der Waals surface area (Å²) in [6.07, 6.45) is 0. The molecule has 0 aromatic heterocycles. The van der Waals surface area contributed by atoms with Crippen LogP contribution in [0.4, 0.5) is 0 Å². The molecular formula is C2H19N13. The lowest BCUT2D eigenvalue weighted by Gasteiger charge is -2.13. The van der Waals surface area contributed by atoms with Crippen molar-refractivity contribution in [1.29, 1.82) is 0 Å². The zero-order chi connectivity index (χ0) is 11.2. The number of hydrazine groups is 12. The lowest BCUT2D eigenvalue weighted by Crippen LogP contribution is -2.67. The van der Waals surface area contributed by atoms with E-state index in [1.807, 2.05) is 6.92 Å². The summed E-state index contributed by atoms with van der Waals surface area (Å²) in [5.41, 5.74) is 29.9. The van der Waals surface area contributed by atoms with E-state index in [4.69, 9.17) is 5.84 Å². The van der Waals surface area contributed by atoms with Crippen molar-refractivity contribution >= 4 is 0 Å². The van der Waals surface area contributed by atoms with Gasteiger partial charge in [0.15, 0.2) is 0 Å². The van der Waals surface area contributed by atoms with E-state index in [1.54, 1.807) is 0 Å². The van der Waals surface area contributed by atoms with Crippen molar-refractivity contribution in [2.75, 3.05) is 6.54 Å². The van der Waals surface area contributed by atoms with Crippen LogP contribution in [-0.4, -0.2) is 6.54 Å². The Labute approximate surface area is 86.7 Å². The summed E-state index contributed by atoms with van der Waals surface area (Å²) in [7, 11) is 0. The lowest BCUT2D eigenvalue weighted by molar-refractivity contribution is 0.219. The van der Waals surface area contributed by atoms with Crippen LogP contribution in [0, 0.1) is 0 Å².